The van der Waals surface area contributed by atoms with Crippen LogP contribution in [0.3, 0.4) is 0 Å². The predicted molar refractivity (Wildman–Crippen MR) is 200 cm³/mol. The van der Waals surface area contributed by atoms with Crippen molar-refractivity contribution in [2.45, 2.75) is 116 Å². The zero-order chi connectivity index (χ0) is 41.7. The summed E-state index contributed by atoms with van der Waals surface area (Å²) in [6, 6.07) is -8.66. The number of carboxylic acids is 1. The van der Waals surface area contributed by atoms with Gasteiger partial charge in [0.1, 0.15) is 36.3 Å². The maximum atomic E-state index is 13.6. The van der Waals surface area contributed by atoms with Gasteiger partial charge in [0.15, 0.2) is 11.9 Å². The first kappa shape index (κ1) is 48.8. The fourth-order valence-electron chi connectivity index (χ4n) is 4.73. The number of aliphatic carboxylic acids is 1. The lowest BCUT2D eigenvalue weighted by molar-refractivity contribution is -0.142. The second-order valence-corrected chi connectivity index (χ2v) is 13.5. The molecule has 0 aliphatic rings. The van der Waals surface area contributed by atoms with E-state index in [4.69, 9.17) is 33.8 Å². The van der Waals surface area contributed by atoms with E-state index in [1.54, 1.807) is 13.8 Å². The molecule has 0 aromatic rings. The number of hydrogen-bond donors (Lipinski definition) is 13. The summed E-state index contributed by atoms with van der Waals surface area (Å²) in [7, 11) is 0. The Labute approximate surface area is 315 Å². The van der Waals surface area contributed by atoms with Crippen molar-refractivity contribution in [1.82, 2.24) is 31.9 Å². The highest BCUT2D eigenvalue weighted by Crippen LogP contribution is 2.08. The lowest BCUT2D eigenvalue weighted by Gasteiger charge is -2.27. The molecule has 54 heavy (non-hydrogen) atoms. The van der Waals surface area contributed by atoms with Gasteiger partial charge in [0, 0.05) is 13.1 Å². The van der Waals surface area contributed by atoms with Crippen molar-refractivity contribution in [3.8, 4) is 0 Å². The summed E-state index contributed by atoms with van der Waals surface area (Å²) >= 11 is 0. The van der Waals surface area contributed by atoms with E-state index in [1.165, 1.54) is 13.8 Å². The molecule has 7 atom stereocenters. The molecule has 0 bridgehead atoms. The molecule has 308 valence electrons. The van der Waals surface area contributed by atoms with Gasteiger partial charge in [0.2, 0.25) is 35.4 Å². The molecule has 0 saturated heterocycles. The number of carbonyl (C=O) groups is 7. The Balaban J connectivity index is 5.96. The normalized spacial score (nSPS) is 14.9. The highest BCUT2D eigenvalue weighted by molar-refractivity contribution is 5.97. The molecule has 0 spiro atoms. The minimum Gasteiger partial charge on any atom is -0.480 e. The Bertz CT molecular complexity index is 1330. The molecule has 0 fully saturated rings. The molecule has 0 rings (SSSR count). The minimum absolute atomic E-state index is 0.00889. The van der Waals surface area contributed by atoms with Gasteiger partial charge in [-0.2, -0.15) is 0 Å². The van der Waals surface area contributed by atoms with E-state index in [-0.39, 0.29) is 56.6 Å². The van der Waals surface area contributed by atoms with Crippen LogP contribution in [0.25, 0.3) is 0 Å². The Hall–Kier alpha value is -5.25. The number of aliphatic hydroxyl groups is 1. The number of nitrogens with zero attached hydrogens (tertiary/aromatic N) is 2. The van der Waals surface area contributed by atoms with E-state index in [0.29, 0.717) is 6.42 Å². The van der Waals surface area contributed by atoms with E-state index >= 15 is 0 Å². The second-order valence-electron chi connectivity index (χ2n) is 13.5. The minimum atomic E-state index is -1.57. The molecule has 18 N–H and O–H groups in total. The number of aliphatic hydroxyl groups excluding tert-OH is 1. The number of aliphatic imine (C=N–C) groups is 2. The summed E-state index contributed by atoms with van der Waals surface area (Å²) in [5.41, 5.74) is 27.6. The molecule has 0 radical (unpaired) electrons. The van der Waals surface area contributed by atoms with Crippen molar-refractivity contribution in [3.05, 3.63) is 0 Å². The third-order valence-electron chi connectivity index (χ3n) is 7.76. The zero-order valence-electron chi connectivity index (χ0n) is 31.9. The molecule has 0 aliphatic heterocycles. The first-order chi connectivity index (χ1) is 25.1. The summed E-state index contributed by atoms with van der Waals surface area (Å²) in [5, 5.41) is 33.6. The molecule has 0 saturated carbocycles. The lowest BCUT2D eigenvalue weighted by atomic mass is 10.0. The Morgan fingerprint density at radius 3 is 1.43 bits per heavy atom. The monoisotopic (exact) mass is 771 g/mol. The van der Waals surface area contributed by atoms with E-state index in [0.717, 1.165) is 0 Å². The van der Waals surface area contributed by atoms with Crippen LogP contribution in [0.15, 0.2) is 9.98 Å². The number of hydrogen-bond acceptors (Lipinski definition) is 11. The molecule has 0 unspecified atom stereocenters. The number of nitrogens with one attached hydrogen (secondary N) is 6. The first-order valence-corrected chi connectivity index (χ1v) is 17.6. The molecular formula is C32H61N13O9. The van der Waals surface area contributed by atoms with Gasteiger partial charge >= 0.3 is 5.97 Å². The van der Waals surface area contributed by atoms with E-state index in [2.05, 4.69) is 41.9 Å². The lowest BCUT2D eigenvalue weighted by Crippen LogP contribution is -2.60. The third kappa shape index (κ3) is 19.5. The smallest absolute Gasteiger partial charge is 0.325 e. The van der Waals surface area contributed by atoms with Gasteiger partial charge < -0.3 is 70.8 Å². The van der Waals surface area contributed by atoms with Crippen LogP contribution in [-0.2, 0) is 33.6 Å². The van der Waals surface area contributed by atoms with Crippen LogP contribution in [0, 0.1) is 11.8 Å². The molecule has 0 aliphatic carbocycles. The Morgan fingerprint density at radius 2 is 1.00 bits per heavy atom. The van der Waals surface area contributed by atoms with Gasteiger partial charge in [-0.3, -0.25) is 43.5 Å². The predicted octanol–water partition coefficient (Wildman–Crippen LogP) is -4.85. The number of amides is 6. The number of nitrogens with two attached hydrogens (primary N) is 5. The third-order valence-corrected chi connectivity index (χ3v) is 7.76. The standard InChI is InChI=1S/C32H61N13O9/c1-15(2)13-19(33)25(48)42-21(10-8-12-39-32(36)37)27(50)43-20(9-7-11-38-31(34)35)26(49)40-17(5)24(47)44-22(14-46)28(51)45-23(16(3)4)29(52)41-18(6)30(53)54/h15-23,46H,7-14,33H2,1-6H3,(H,40,49)(H,41,52)(H,42,48)(H,43,50)(H,44,47)(H,45,51)(H,53,54)(H4,34,35,38)(H4,36,37,39)/t17-,18-,19+,20-,21-,22-,23+/m1/s1. The number of carbonyl (C=O) groups excluding carboxylic acids is 6. The van der Waals surface area contributed by atoms with Crippen molar-refractivity contribution >= 4 is 53.3 Å². The topological polar surface area (TPSA) is 387 Å². The molecule has 0 aromatic carbocycles. The quantitative estimate of drug-likeness (QED) is 0.0235. The van der Waals surface area contributed by atoms with Crippen LogP contribution in [-0.4, -0.2) is 126 Å². The van der Waals surface area contributed by atoms with Crippen LogP contribution >= 0.6 is 0 Å². The molecule has 22 nitrogen and oxygen atoms in total. The number of guanidine groups is 2. The highest BCUT2D eigenvalue weighted by Gasteiger charge is 2.33. The van der Waals surface area contributed by atoms with Crippen molar-refractivity contribution in [3.63, 3.8) is 0 Å². The molecule has 6 amide bonds. The SMILES string of the molecule is CC(C)C[C@H](N)C(=O)N[C@H](CCCN=C(N)N)C(=O)N[C@H](CCCN=C(N)N)C(=O)N[C@H](C)C(=O)N[C@H](CO)C(=O)N[C@H](C(=O)N[C@H](C)C(=O)O)C(C)C. The van der Waals surface area contributed by atoms with Crippen molar-refractivity contribution < 1.29 is 43.8 Å². The number of rotatable bonds is 25. The van der Waals surface area contributed by atoms with Crippen LogP contribution in [0.2, 0.25) is 0 Å². The summed E-state index contributed by atoms with van der Waals surface area (Å²) in [4.78, 5) is 97.5. The van der Waals surface area contributed by atoms with Gasteiger partial charge in [0.25, 0.3) is 0 Å². The average Bonchev–Trinajstić information content (AvgIpc) is 3.07. The van der Waals surface area contributed by atoms with Gasteiger partial charge in [-0.05, 0) is 57.8 Å². The Kier molecular flexibility index (Phi) is 22.5. The van der Waals surface area contributed by atoms with Gasteiger partial charge in [-0.15, -0.1) is 0 Å². The van der Waals surface area contributed by atoms with Crippen molar-refractivity contribution in [2.24, 2.45) is 50.5 Å². The zero-order valence-corrected chi connectivity index (χ0v) is 31.9. The fraction of sp³-hybridized carbons (Fsp3) is 0.719. The summed E-state index contributed by atoms with van der Waals surface area (Å²) in [5.74, 6) is -6.83. The summed E-state index contributed by atoms with van der Waals surface area (Å²) in [6.07, 6.45) is 0.901. The second kappa shape index (κ2) is 24.9. The Morgan fingerprint density at radius 1 is 0.574 bits per heavy atom. The molecule has 22 heteroatoms. The van der Waals surface area contributed by atoms with Crippen LogP contribution < -0.4 is 60.6 Å². The summed E-state index contributed by atoms with van der Waals surface area (Å²) in [6.45, 7) is 8.84. The van der Waals surface area contributed by atoms with Gasteiger partial charge in [-0.25, -0.2) is 0 Å². The average molecular weight is 772 g/mol. The van der Waals surface area contributed by atoms with Crippen LogP contribution in [0.5, 0.6) is 0 Å². The first-order valence-electron chi connectivity index (χ1n) is 17.6. The van der Waals surface area contributed by atoms with E-state index in [1.807, 2.05) is 13.8 Å². The number of carboxylic acid groups (broad SMARTS) is 1. The van der Waals surface area contributed by atoms with Crippen molar-refractivity contribution in [2.75, 3.05) is 19.7 Å². The van der Waals surface area contributed by atoms with E-state index < -0.39 is 96.2 Å². The molecule has 0 heterocycles. The largest absolute Gasteiger partial charge is 0.480 e. The van der Waals surface area contributed by atoms with Crippen LogP contribution in [0.1, 0.15) is 73.6 Å². The maximum absolute atomic E-state index is 13.6. The van der Waals surface area contributed by atoms with Crippen LogP contribution in [0.4, 0.5) is 0 Å². The van der Waals surface area contributed by atoms with Crippen molar-refractivity contribution in [1.29, 1.82) is 0 Å². The maximum Gasteiger partial charge on any atom is 0.325 e. The molecular weight excluding hydrogens is 710 g/mol. The fourth-order valence-corrected chi connectivity index (χ4v) is 4.73. The highest BCUT2D eigenvalue weighted by atomic mass is 16.4. The molecule has 0 aromatic heterocycles. The van der Waals surface area contributed by atoms with Gasteiger partial charge in [0.05, 0.1) is 12.6 Å². The van der Waals surface area contributed by atoms with E-state index in [9.17, 15) is 38.7 Å². The van der Waals surface area contributed by atoms with Gasteiger partial charge in [-0.1, -0.05) is 27.7 Å². The summed E-state index contributed by atoms with van der Waals surface area (Å²) < 4.78 is 0.